The molecule has 2 atom stereocenters. The van der Waals surface area contributed by atoms with Gasteiger partial charge in [-0.1, -0.05) is 48.0 Å². The number of benzene rings is 2. The molecule has 1 aliphatic rings. The average molecular weight is 395 g/mol. The summed E-state index contributed by atoms with van der Waals surface area (Å²) in [7, 11) is 1.71. The summed E-state index contributed by atoms with van der Waals surface area (Å²) in [6.07, 6.45) is 2.23. The topological polar surface area (TPSA) is 74.8 Å². The van der Waals surface area contributed by atoms with Crippen LogP contribution in [0.15, 0.2) is 59.6 Å². The maximum absolute atomic E-state index is 12.1. The van der Waals surface area contributed by atoms with Crippen LogP contribution < -0.4 is 16.0 Å². The Morgan fingerprint density at radius 2 is 1.86 bits per heavy atom. The van der Waals surface area contributed by atoms with E-state index in [0.29, 0.717) is 11.9 Å². The number of aryl methyl sites for hydroxylation is 1. The van der Waals surface area contributed by atoms with Gasteiger partial charge in [-0.3, -0.25) is 9.79 Å². The Kier molecular flexibility index (Phi) is 7.64. The van der Waals surface area contributed by atoms with Gasteiger partial charge < -0.3 is 20.7 Å². The third-order valence-electron chi connectivity index (χ3n) is 5.08. The van der Waals surface area contributed by atoms with Crippen molar-refractivity contribution in [1.82, 2.24) is 10.6 Å². The second-order valence-corrected chi connectivity index (χ2v) is 7.33. The van der Waals surface area contributed by atoms with Crippen molar-refractivity contribution in [2.45, 2.75) is 25.9 Å². The van der Waals surface area contributed by atoms with E-state index >= 15 is 0 Å². The van der Waals surface area contributed by atoms with E-state index in [9.17, 15) is 4.79 Å². The van der Waals surface area contributed by atoms with Gasteiger partial charge >= 0.3 is 0 Å². The van der Waals surface area contributed by atoms with Gasteiger partial charge in [-0.2, -0.15) is 0 Å². The second-order valence-electron chi connectivity index (χ2n) is 7.33. The number of amides is 1. The summed E-state index contributed by atoms with van der Waals surface area (Å²) in [4.78, 5) is 16.4. The lowest BCUT2D eigenvalue weighted by molar-refractivity contribution is -0.115. The van der Waals surface area contributed by atoms with Crippen LogP contribution in [0.3, 0.4) is 0 Å². The molecule has 2 unspecified atom stereocenters. The Bertz CT molecular complexity index is 805. The molecule has 3 rings (SSSR count). The van der Waals surface area contributed by atoms with E-state index in [4.69, 9.17) is 4.74 Å². The quantitative estimate of drug-likeness (QED) is 0.519. The van der Waals surface area contributed by atoms with Gasteiger partial charge in [-0.25, -0.2) is 0 Å². The first-order chi connectivity index (χ1) is 14.2. The monoisotopic (exact) mass is 394 g/mol. The number of carbonyl (C=O) groups is 1. The molecule has 2 aromatic carbocycles. The number of nitrogens with zero attached hydrogens (tertiary/aromatic N) is 1. The summed E-state index contributed by atoms with van der Waals surface area (Å²) in [5.41, 5.74) is 3.24. The number of para-hydroxylation sites is 1. The predicted octanol–water partition coefficient (Wildman–Crippen LogP) is 3.27. The van der Waals surface area contributed by atoms with Crippen molar-refractivity contribution in [2.75, 3.05) is 32.1 Å². The molecular weight excluding hydrogens is 364 g/mol. The average Bonchev–Trinajstić information content (AvgIpc) is 2.75. The number of guanidine groups is 1. The van der Waals surface area contributed by atoms with Crippen molar-refractivity contribution in [2.24, 2.45) is 10.9 Å². The number of anilines is 1. The Morgan fingerprint density at radius 1 is 1.10 bits per heavy atom. The van der Waals surface area contributed by atoms with Gasteiger partial charge in [0.1, 0.15) is 0 Å². The van der Waals surface area contributed by atoms with E-state index in [2.05, 4.69) is 52.1 Å². The molecule has 1 heterocycles. The Labute approximate surface area is 172 Å². The maximum atomic E-state index is 12.1. The standard InChI is InChI=1S/C23H30N4O2/c1-17-10-12-18(13-11-17)22-19(7-6-14-29-22)15-25-23(24-2)26-16-21(28)27-20-8-4-3-5-9-20/h3-5,8-13,19,22H,6-7,14-16H2,1-2H3,(H,27,28)(H2,24,25,26). The molecule has 2 aromatic rings. The molecular formula is C23H30N4O2. The van der Waals surface area contributed by atoms with E-state index < -0.39 is 0 Å². The highest BCUT2D eigenvalue weighted by Crippen LogP contribution is 2.33. The van der Waals surface area contributed by atoms with Crippen molar-refractivity contribution < 1.29 is 9.53 Å². The molecule has 0 saturated carbocycles. The minimum atomic E-state index is -0.113. The molecule has 1 amide bonds. The van der Waals surface area contributed by atoms with Gasteiger partial charge in [0.2, 0.25) is 5.91 Å². The van der Waals surface area contributed by atoms with Crippen molar-refractivity contribution >= 4 is 17.6 Å². The lowest BCUT2D eigenvalue weighted by atomic mass is 9.89. The van der Waals surface area contributed by atoms with Crippen LogP contribution in [0.25, 0.3) is 0 Å². The highest BCUT2D eigenvalue weighted by molar-refractivity contribution is 5.94. The van der Waals surface area contributed by atoms with Crippen LogP contribution in [-0.2, 0) is 9.53 Å². The summed E-state index contributed by atoms with van der Waals surface area (Å²) < 4.78 is 6.08. The van der Waals surface area contributed by atoms with Crippen LogP contribution in [0.1, 0.15) is 30.1 Å². The fourth-order valence-electron chi connectivity index (χ4n) is 3.52. The zero-order chi connectivity index (χ0) is 20.5. The van der Waals surface area contributed by atoms with E-state index in [1.165, 1.54) is 11.1 Å². The lowest BCUT2D eigenvalue weighted by Gasteiger charge is -2.32. The van der Waals surface area contributed by atoms with Crippen molar-refractivity contribution in [3.05, 3.63) is 65.7 Å². The van der Waals surface area contributed by atoms with Gasteiger partial charge in [-0.15, -0.1) is 0 Å². The molecule has 1 saturated heterocycles. The predicted molar refractivity (Wildman–Crippen MR) is 117 cm³/mol. The first-order valence-electron chi connectivity index (χ1n) is 10.1. The first kappa shape index (κ1) is 20.9. The molecule has 0 aliphatic carbocycles. The SMILES string of the molecule is CN=C(NCC(=O)Nc1ccccc1)NCC1CCCOC1c1ccc(C)cc1. The summed E-state index contributed by atoms with van der Waals surface area (Å²) in [5, 5.41) is 9.28. The summed E-state index contributed by atoms with van der Waals surface area (Å²) >= 11 is 0. The number of nitrogens with one attached hydrogen (secondary N) is 3. The van der Waals surface area contributed by atoms with Gasteiger partial charge in [0, 0.05) is 31.8 Å². The van der Waals surface area contributed by atoms with E-state index in [-0.39, 0.29) is 18.6 Å². The van der Waals surface area contributed by atoms with Gasteiger partial charge in [0.15, 0.2) is 5.96 Å². The molecule has 3 N–H and O–H groups in total. The minimum Gasteiger partial charge on any atom is -0.373 e. The third-order valence-corrected chi connectivity index (χ3v) is 5.08. The molecule has 0 bridgehead atoms. The molecule has 0 aromatic heterocycles. The lowest BCUT2D eigenvalue weighted by Crippen LogP contribution is -2.44. The summed E-state index contributed by atoms with van der Waals surface area (Å²) in [6.45, 7) is 3.77. The Morgan fingerprint density at radius 3 is 2.59 bits per heavy atom. The Hall–Kier alpha value is -2.86. The maximum Gasteiger partial charge on any atom is 0.243 e. The Balaban J connectivity index is 1.49. The number of hydrogen-bond donors (Lipinski definition) is 3. The molecule has 29 heavy (non-hydrogen) atoms. The highest BCUT2D eigenvalue weighted by Gasteiger charge is 2.27. The zero-order valence-electron chi connectivity index (χ0n) is 17.2. The van der Waals surface area contributed by atoms with Crippen molar-refractivity contribution in [3.63, 3.8) is 0 Å². The van der Waals surface area contributed by atoms with Gasteiger partial charge in [0.25, 0.3) is 0 Å². The fraction of sp³-hybridized carbons (Fsp3) is 0.391. The van der Waals surface area contributed by atoms with Crippen LogP contribution >= 0.6 is 0 Å². The number of hydrogen-bond acceptors (Lipinski definition) is 3. The first-order valence-corrected chi connectivity index (χ1v) is 10.1. The normalized spacial score (nSPS) is 19.4. The third kappa shape index (κ3) is 6.32. The number of aliphatic imine (C=N–C) groups is 1. The highest BCUT2D eigenvalue weighted by atomic mass is 16.5. The van der Waals surface area contributed by atoms with Crippen molar-refractivity contribution in [1.29, 1.82) is 0 Å². The summed E-state index contributed by atoms with van der Waals surface area (Å²) in [5.74, 6) is 0.849. The van der Waals surface area contributed by atoms with Gasteiger partial charge in [-0.05, 0) is 37.5 Å². The van der Waals surface area contributed by atoms with E-state index in [1.54, 1.807) is 7.05 Å². The molecule has 1 aliphatic heterocycles. The second kappa shape index (κ2) is 10.6. The molecule has 6 nitrogen and oxygen atoms in total. The largest absolute Gasteiger partial charge is 0.373 e. The minimum absolute atomic E-state index is 0.0799. The number of carbonyl (C=O) groups excluding carboxylic acids is 1. The smallest absolute Gasteiger partial charge is 0.243 e. The fourth-order valence-corrected chi connectivity index (χ4v) is 3.52. The van der Waals surface area contributed by atoms with Crippen LogP contribution in [0.2, 0.25) is 0 Å². The zero-order valence-corrected chi connectivity index (χ0v) is 17.2. The van der Waals surface area contributed by atoms with Crippen LogP contribution in [-0.4, -0.2) is 38.6 Å². The van der Waals surface area contributed by atoms with Crippen molar-refractivity contribution in [3.8, 4) is 0 Å². The van der Waals surface area contributed by atoms with E-state index in [1.807, 2.05) is 30.3 Å². The van der Waals surface area contributed by atoms with E-state index in [0.717, 1.165) is 31.7 Å². The molecule has 154 valence electrons. The van der Waals surface area contributed by atoms with Crippen LogP contribution in [0.5, 0.6) is 0 Å². The van der Waals surface area contributed by atoms with Crippen LogP contribution in [0, 0.1) is 12.8 Å². The van der Waals surface area contributed by atoms with Gasteiger partial charge in [0.05, 0.1) is 12.6 Å². The molecule has 0 radical (unpaired) electrons. The number of ether oxygens (including phenoxy) is 1. The molecule has 1 fully saturated rings. The summed E-state index contributed by atoms with van der Waals surface area (Å²) in [6, 6.07) is 18.0. The van der Waals surface area contributed by atoms with Crippen LogP contribution in [0.4, 0.5) is 5.69 Å². The molecule has 0 spiro atoms. The molecule has 6 heteroatoms. The number of rotatable bonds is 6.